The third-order valence-corrected chi connectivity index (χ3v) is 4.74. The molecule has 1 amide bonds. The number of hydrogen-bond acceptors (Lipinski definition) is 3. The number of fused-ring (bicyclic) bond motifs is 3. The molecule has 0 fully saturated rings. The zero-order chi connectivity index (χ0) is 18.3. The van der Waals surface area contributed by atoms with E-state index in [-0.39, 0.29) is 5.91 Å². The highest BCUT2D eigenvalue weighted by atomic mass is 16.5. The molecule has 0 spiro atoms. The van der Waals surface area contributed by atoms with Crippen LogP contribution in [0.25, 0.3) is 17.5 Å². The molecule has 0 saturated carbocycles. The summed E-state index contributed by atoms with van der Waals surface area (Å²) in [5.74, 6) is 0.638. The van der Waals surface area contributed by atoms with E-state index in [9.17, 15) is 4.79 Å². The Balaban J connectivity index is 1.91. The van der Waals surface area contributed by atoms with Crippen molar-refractivity contribution in [3.05, 3.63) is 71.7 Å². The Hall–Kier alpha value is -3.34. The molecule has 0 bridgehead atoms. The van der Waals surface area contributed by atoms with Crippen molar-refractivity contribution in [1.82, 2.24) is 9.55 Å². The summed E-state index contributed by atoms with van der Waals surface area (Å²) >= 11 is 0. The Morgan fingerprint density at radius 3 is 2.62 bits per heavy atom. The quantitative estimate of drug-likeness (QED) is 0.704. The van der Waals surface area contributed by atoms with Gasteiger partial charge in [-0.05, 0) is 55.5 Å². The fourth-order valence-electron chi connectivity index (χ4n) is 3.25. The number of ether oxygens (including phenoxy) is 1. The molecule has 3 heterocycles. The van der Waals surface area contributed by atoms with Gasteiger partial charge in [-0.3, -0.25) is 14.7 Å². The molecule has 1 aromatic carbocycles. The summed E-state index contributed by atoms with van der Waals surface area (Å²) in [5.41, 5.74) is 5.16. The molecule has 5 nitrogen and oxygen atoms in total. The van der Waals surface area contributed by atoms with Gasteiger partial charge in [0.2, 0.25) is 0 Å². The lowest BCUT2D eigenvalue weighted by atomic mass is 10.0. The molecule has 5 heteroatoms. The first kappa shape index (κ1) is 16.1. The minimum atomic E-state index is -0.112. The highest BCUT2D eigenvalue weighted by Crippen LogP contribution is 2.33. The number of pyridine rings is 1. The van der Waals surface area contributed by atoms with Gasteiger partial charge >= 0.3 is 0 Å². The van der Waals surface area contributed by atoms with Gasteiger partial charge in [0.1, 0.15) is 5.75 Å². The third kappa shape index (κ3) is 2.49. The molecule has 1 aliphatic rings. The fourth-order valence-corrected chi connectivity index (χ4v) is 3.25. The number of methoxy groups -OCH3 is 1. The SMILES string of the molecule is COc1ccc(N2/C=C\c3cc(C)n(C)c3-c3ncccc3C2=O)cc1. The van der Waals surface area contributed by atoms with Gasteiger partial charge in [-0.2, -0.15) is 0 Å². The lowest BCUT2D eigenvalue weighted by molar-refractivity contribution is 0.0998. The summed E-state index contributed by atoms with van der Waals surface area (Å²) < 4.78 is 7.28. The second-order valence-electron chi connectivity index (χ2n) is 6.24. The number of amides is 1. The van der Waals surface area contributed by atoms with Crippen LogP contribution in [0.2, 0.25) is 0 Å². The molecule has 3 aromatic rings. The van der Waals surface area contributed by atoms with Crippen LogP contribution in [0.15, 0.2) is 54.9 Å². The van der Waals surface area contributed by atoms with Crippen LogP contribution in [-0.4, -0.2) is 22.6 Å². The van der Waals surface area contributed by atoms with Crippen molar-refractivity contribution >= 4 is 17.7 Å². The van der Waals surface area contributed by atoms with Crippen LogP contribution in [-0.2, 0) is 7.05 Å². The normalized spacial score (nSPS) is 14.3. The molecule has 1 aliphatic heterocycles. The van der Waals surface area contributed by atoms with Crippen molar-refractivity contribution in [2.24, 2.45) is 7.05 Å². The van der Waals surface area contributed by atoms with Crippen LogP contribution in [0.1, 0.15) is 21.6 Å². The van der Waals surface area contributed by atoms with Gasteiger partial charge in [0, 0.05) is 36.4 Å². The van der Waals surface area contributed by atoms with Gasteiger partial charge in [-0.15, -0.1) is 0 Å². The Morgan fingerprint density at radius 2 is 1.88 bits per heavy atom. The van der Waals surface area contributed by atoms with Gasteiger partial charge in [0.05, 0.1) is 24.1 Å². The maximum atomic E-state index is 13.3. The standard InChI is InChI=1S/C21H19N3O2/c1-14-13-15-10-12-24(16-6-8-17(26-3)9-7-16)21(25)18-5-4-11-22-19(18)20(15)23(14)2/h4-13H,1-3H3/b12-10-. The van der Waals surface area contributed by atoms with E-state index >= 15 is 0 Å². The number of carbonyl (C=O) groups excluding carboxylic acids is 1. The average molecular weight is 345 g/mol. The first-order valence-corrected chi connectivity index (χ1v) is 8.37. The summed E-state index contributed by atoms with van der Waals surface area (Å²) in [6.45, 7) is 2.05. The van der Waals surface area contributed by atoms with Gasteiger partial charge in [0.15, 0.2) is 0 Å². The van der Waals surface area contributed by atoms with E-state index in [1.807, 2.05) is 56.6 Å². The molecule has 0 unspecified atom stereocenters. The van der Waals surface area contributed by atoms with Crippen molar-refractivity contribution in [2.45, 2.75) is 6.92 Å². The molecule has 130 valence electrons. The number of anilines is 1. The van der Waals surface area contributed by atoms with Crippen molar-refractivity contribution in [1.29, 1.82) is 0 Å². The third-order valence-electron chi connectivity index (χ3n) is 4.74. The molecule has 0 atom stereocenters. The summed E-state index contributed by atoms with van der Waals surface area (Å²) in [7, 11) is 3.62. The van der Waals surface area contributed by atoms with Crippen LogP contribution in [0.4, 0.5) is 5.69 Å². The van der Waals surface area contributed by atoms with Crippen molar-refractivity contribution in [3.8, 4) is 17.1 Å². The Labute approximate surface area is 152 Å². The van der Waals surface area contributed by atoms with E-state index in [1.165, 1.54) is 0 Å². The van der Waals surface area contributed by atoms with E-state index in [0.717, 1.165) is 28.4 Å². The maximum Gasteiger partial charge on any atom is 0.264 e. The number of benzene rings is 1. The van der Waals surface area contributed by atoms with Gasteiger partial charge in [0.25, 0.3) is 5.91 Å². The summed E-state index contributed by atoms with van der Waals surface area (Å²) in [6.07, 6.45) is 5.50. The Morgan fingerprint density at radius 1 is 1.12 bits per heavy atom. The van der Waals surface area contributed by atoms with Crippen LogP contribution < -0.4 is 9.64 Å². The lowest BCUT2D eigenvalue weighted by Gasteiger charge is -2.22. The van der Waals surface area contributed by atoms with Crippen molar-refractivity contribution in [3.63, 3.8) is 0 Å². The molecule has 0 saturated heterocycles. The Bertz CT molecular complexity index is 1020. The van der Waals surface area contributed by atoms with E-state index < -0.39 is 0 Å². The second-order valence-corrected chi connectivity index (χ2v) is 6.24. The summed E-state index contributed by atoms with van der Waals surface area (Å²) in [6, 6.07) is 13.2. The zero-order valence-corrected chi connectivity index (χ0v) is 14.9. The number of carbonyl (C=O) groups is 1. The number of hydrogen-bond donors (Lipinski definition) is 0. The molecular weight excluding hydrogens is 326 g/mol. The molecule has 0 N–H and O–H groups in total. The number of aryl methyl sites for hydroxylation is 1. The monoisotopic (exact) mass is 345 g/mol. The number of nitrogens with zero attached hydrogens (tertiary/aromatic N) is 3. The van der Waals surface area contributed by atoms with Crippen molar-refractivity contribution in [2.75, 3.05) is 12.0 Å². The number of rotatable bonds is 2. The predicted molar refractivity (Wildman–Crippen MR) is 102 cm³/mol. The predicted octanol–water partition coefficient (Wildman–Crippen LogP) is 4.04. The molecule has 26 heavy (non-hydrogen) atoms. The van der Waals surface area contributed by atoms with E-state index in [4.69, 9.17) is 4.74 Å². The average Bonchev–Trinajstić information content (AvgIpc) is 2.94. The van der Waals surface area contributed by atoms with E-state index in [2.05, 4.69) is 15.6 Å². The van der Waals surface area contributed by atoms with E-state index in [1.54, 1.807) is 24.3 Å². The molecule has 0 aliphatic carbocycles. The van der Waals surface area contributed by atoms with Crippen LogP contribution >= 0.6 is 0 Å². The number of aromatic nitrogens is 2. The molecular formula is C21H19N3O2. The minimum absolute atomic E-state index is 0.112. The Kier molecular flexibility index (Phi) is 3.84. The topological polar surface area (TPSA) is 47.4 Å². The van der Waals surface area contributed by atoms with Gasteiger partial charge in [-0.1, -0.05) is 0 Å². The molecule has 4 rings (SSSR count). The second kappa shape index (κ2) is 6.19. The first-order valence-electron chi connectivity index (χ1n) is 8.37. The lowest BCUT2D eigenvalue weighted by Crippen LogP contribution is -2.27. The molecule has 2 aromatic heterocycles. The maximum absolute atomic E-state index is 13.3. The van der Waals surface area contributed by atoms with Crippen LogP contribution in [0.3, 0.4) is 0 Å². The van der Waals surface area contributed by atoms with E-state index in [0.29, 0.717) is 11.3 Å². The first-order chi connectivity index (χ1) is 12.6. The summed E-state index contributed by atoms with van der Waals surface area (Å²) in [5, 5.41) is 0. The zero-order valence-electron chi connectivity index (χ0n) is 14.9. The van der Waals surface area contributed by atoms with Gasteiger partial charge in [-0.25, -0.2) is 0 Å². The minimum Gasteiger partial charge on any atom is -0.497 e. The largest absolute Gasteiger partial charge is 0.497 e. The summed E-state index contributed by atoms with van der Waals surface area (Å²) in [4.78, 5) is 19.4. The smallest absolute Gasteiger partial charge is 0.264 e. The molecule has 0 radical (unpaired) electrons. The van der Waals surface area contributed by atoms with Crippen molar-refractivity contribution < 1.29 is 9.53 Å². The highest BCUT2D eigenvalue weighted by Gasteiger charge is 2.25. The fraction of sp³-hybridized carbons (Fsp3) is 0.143. The highest BCUT2D eigenvalue weighted by molar-refractivity contribution is 6.12. The van der Waals surface area contributed by atoms with Gasteiger partial charge < -0.3 is 9.30 Å². The van der Waals surface area contributed by atoms with Crippen LogP contribution in [0.5, 0.6) is 5.75 Å². The van der Waals surface area contributed by atoms with Crippen LogP contribution in [0, 0.1) is 6.92 Å².